The van der Waals surface area contributed by atoms with E-state index in [0.29, 0.717) is 5.56 Å². The molecule has 0 N–H and O–H groups in total. The summed E-state index contributed by atoms with van der Waals surface area (Å²) in [5, 5.41) is 10.7. The van der Waals surface area contributed by atoms with Crippen LogP contribution in [0.4, 0.5) is 23.7 Å². The highest BCUT2D eigenvalue weighted by atomic mass is 19.4. The number of carbonyl (C=O) groups is 1. The third-order valence-corrected chi connectivity index (χ3v) is 2.79. The number of benzene rings is 1. The molecule has 1 unspecified atom stereocenters. The third kappa shape index (κ3) is 4.93. The van der Waals surface area contributed by atoms with Crippen LogP contribution >= 0.6 is 0 Å². The predicted molar refractivity (Wildman–Crippen MR) is 66.7 cm³/mol. The minimum atomic E-state index is -4.61. The number of nitro groups is 1. The van der Waals surface area contributed by atoms with E-state index in [0.717, 1.165) is 4.90 Å². The molecule has 0 bridgehead atoms. The zero-order valence-electron chi connectivity index (χ0n) is 11.3. The Bertz CT molecular complexity index is 533. The van der Waals surface area contributed by atoms with Crippen molar-refractivity contribution in [2.45, 2.75) is 19.1 Å². The van der Waals surface area contributed by atoms with Crippen molar-refractivity contribution in [2.75, 3.05) is 13.7 Å². The molecule has 0 aromatic heterocycles. The summed E-state index contributed by atoms with van der Waals surface area (Å²) in [5.41, 5.74) is 0.243. The molecular weight excluding hydrogens is 293 g/mol. The van der Waals surface area contributed by atoms with Crippen molar-refractivity contribution in [3.05, 3.63) is 39.9 Å². The molecule has 0 spiro atoms. The van der Waals surface area contributed by atoms with Crippen LogP contribution in [0.15, 0.2) is 24.3 Å². The second-order valence-corrected chi connectivity index (χ2v) is 4.31. The van der Waals surface area contributed by atoms with Crippen LogP contribution in [-0.4, -0.2) is 35.7 Å². The molecule has 21 heavy (non-hydrogen) atoms. The Morgan fingerprint density at radius 3 is 2.62 bits per heavy atom. The van der Waals surface area contributed by atoms with Gasteiger partial charge in [0, 0.05) is 19.2 Å². The van der Waals surface area contributed by atoms with Crippen LogP contribution in [0, 0.1) is 10.1 Å². The molecule has 0 saturated carbocycles. The van der Waals surface area contributed by atoms with Gasteiger partial charge in [-0.1, -0.05) is 12.1 Å². The molecule has 1 aromatic carbocycles. The second kappa shape index (κ2) is 6.42. The minimum Gasteiger partial charge on any atom is -0.440 e. The molecule has 0 aliphatic carbocycles. The maximum Gasteiger partial charge on any atom is 0.422 e. The third-order valence-electron chi connectivity index (χ3n) is 2.79. The van der Waals surface area contributed by atoms with Gasteiger partial charge >= 0.3 is 12.3 Å². The molecule has 1 amide bonds. The van der Waals surface area contributed by atoms with E-state index in [1.54, 1.807) is 0 Å². The lowest BCUT2D eigenvalue weighted by molar-refractivity contribution is -0.384. The summed E-state index contributed by atoms with van der Waals surface area (Å²) in [5.74, 6) is 0. The zero-order valence-corrected chi connectivity index (χ0v) is 11.3. The summed E-state index contributed by atoms with van der Waals surface area (Å²) in [6, 6.07) is 4.81. The Morgan fingerprint density at radius 2 is 2.10 bits per heavy atom. The number of nitrogens with zero attached hydrogens (tertiary/aromatic N) is 2. The topological polar surface area (TPSA) is 72.7 Å². The average molecular weight is 306 g/mol. The molecule has 1 atom stereocenters. The lowest BCUT2D eigenvalue weighted by atomic mass is 10.1. The van der Waals surface area contributed by atoms with Crippen molar-refractivity contribution in [2.24, 2.45) is 0 Å². The fourth-order valence-corrected chi connectivity index (χ4v) is 1.53. The summed E-state index contributed by atoms with van der Waals surface area (Å²) in [4.78, 5) is 22.5. The number of non-ortho nitro benzene ring substituents is 1. The molecule has 1 rings (SSSR count). The highest BCUT2D eigenvalue weighted by molar-refractivity contribution is 5.68. The highest BCUT2D eigenvalue weighted by Crippen LogP contribution is 2.24. The summed E-state index contributed by atoms with van der Waals surface area (Å²) in [6.07, 6.45) is -5.77. The summed E-state index contributed by atoms with van der Waals surface area (Å²) >= 11 is 0. The number of hydrogen-bond donors (Lipinski definition) is 0. The van der Waals surface area contributed by atoms with Crippen LogP contribution < -0.4 is 0 Å². The largest absolute Gasteiger partial charge is 0.440 e. The minimum absolute atomic E-state index is 0.170. The van der Waals surface area contributed by atoms with Crippen molar-refractivity contribution in [1.29, 1.82) is 0 Å². The Morgan fingerprint density at radius 1 is 1.48 bits per heavy atom. The van der Waals surface area contributed by atoms with Crippen molar-refractivity contribution in [3.8, 4) is 0 Å². The van der Waals surface area contributed by atoms with Gasteiger partial charge in [0.1, 0.15) is 0 Å². The standard InChI is InChI=1S/C12H13F3N2O4/c1-8(9-4-3-5-10(6-9)17(19)20)16(2)11(18)21-7-12(13,14)15/h3-6,8H,7H2,1-2H3. The average Bonchev–Trinajstić information content (AvgIpc) is 2.42. The molecule has 1 aromatic rings. The summed E-state index contributed by atoms with van der Waals surface area (Å²) < 4.78 is 40.0. The van der Waals surface area contributed by atoms with E-state index in [9.17, 15) is 28.1 Å². The molecule has 9 heteroatoms. The second-order valence-electron chi connectivity index (χ2n) is 4.31. The maximum atomic E-state index is 12.0. The molecular formula is C12H13F3N2O4. The number of carbonyl (C=O) groups excluding carboxylic acids is 1. The first-order chi connectivity index (χ1) is 9.61. The number of rotatable bonds is 4. The quantitative estimate of drug-likeness (QED) is 0.632. The molecule has 0 heterocycles. The Balaban J connectivity index is 2.78. The fourth-order valence-electron chi connectivity index (χ4n) is 1.53. The van der Waals surface area contributed by atoms with Gasteiger partial charge in [-0.2, -0.15) is 13.2 Å². The monoisotopic (exact) mass is 306 g/mol. The molecule has 0 saturated heterocycles. The van der Waals surface area contributed by atoms with Gasteiger partial charge in [0.05, 0.1) is 11.0 Å². The fraction of sp³-hybridized carbons (Fsp3) is 0.417. The molecule has 0 aliphatic heterocycles. The van der Waals surface area contributed by atoms with Crippen LogP contribution in [0.3, 0.4) is 0 Å². The van der Waals surface area contributed by atoms with E-state index < -0.39 is 29.8 Å². The molecule has 0 aliphatic rings. The van der Waals surface area contributed by atoms with Gasteiger partial charge in [-0.25, -0.2) is 4.79 Å². The lowest BCUT2D eigenvalue weighted by Gasteiger charge is -2.24. The van der Waals surface area contributed by atoms with E-state index in [1.165, 1.54) is 38.2 Å². The van der Waals surface area contributed by atoms with Crippen molar-refractivity contribution in [3.63, 3.8) is 0 Å². The molecule has 0 radical (unpaired) electrons. The van der Waals surface area contributed by atoms with Crippen LogP contribution in [0.1, 0.15) is 18.5 Å². The van der Waals surface area contributed by atoms with E-state index in [2.05, 4.69) is 4.74 Å². The van der Waals surface area contributed by atoms with Crippen molar-refractivity contribution in [1.82, 2.24) is 4.90 Å². The van der Waals surface area contributed by atoms with Crippen LogP contribution in [0.2, 0.25) is 0 Å². The molecule has 116 valence electrons. The van der Waals surface area contributed by atoms with Crippen LogP contribution in [-0.2, 0) is 4.74 Å². The number of hydrogen-bond acceptors (Lipinski definition) is 4. The van der Waals surface area contributed by atoms with Gasteiger partial charge in [0.15, 0.2) is 6.61 Å². The normalized spacial score (nSPS) is 12.6. The van der Waals surface area contributed by atoms with Crippen LogP contribution in [0.5, 0.6) is 0 Å². The van der Waals surface area contributed by atoms with Gasteiger partial charge < -0.3 is 9.64 Å². The van der Waals surface area contributed by atoms with Gasteiger partial charge in [-0.15, -0.1) is 0 Å². The number of halogens is 3. The van der Waals surface area contributed by atoms with E-state index in [4.69, 9.17) is 0 Å². The zero-order chi connectivity index (χ0) is 16.2. The first-order valence-corrected chi connectivity index (χ1v) is 5.82. The SMILES string of the molecule is CC(c1cccc([N+](=O)[O-])c1)N(C)C(=O)OCC(F)(F)F. The van der Waals surface area contributed by atoms with Crippen molar-refractivity contribution >= 4 is 11.8 Å². The number of nitro benzene ring substituents is 1. The molecule has 6 nitrogen and oxygen atoms in total. The summed E-state index contributed by atoms with van der Waals surface area (Å²) in [6.45, 7) is -0.161. The highest BCUT2D eigenvalue weighted by Gasteiger charge is 2.31. The van der Waals surface area contributed by atoms with E-state index in [1.807, 2.05) is 0 Å². The number of ether oxygens (including phenoxy) is 1. The van der Waals surface area contributed by atoms with Gasteiger partial charge in [-0.3, -0.25) is 10.1 Å². The van der Waals surface area contributed by atoms with Gasteiger partial charge in [0.25, 0.3) is 5.69 Å². The first-order valence-electron chi connectivity index (χ1n) is 5.82. The summed E-state index contributed by atoms with van der Waals surface area (Å²) in [7, 11) is 1.25. The Labute approximate surface area is 118 Å². The predicted octanol–water partition coefficient (Wildman–Crippen LogP) is 3.29. The number of alkyl halides is 3. The Hall–Kier alpha value is -2.32. The van der Waals surface area contributed by atoms with Gasteiger partial charge in [0.2, 0.25) is 0 Å². The van der Waals surface area contributed by atoms with Gasteiger partial charge in [-0.05, 0) is 12.5 Å². The lowest BCUT2D eigenvalue weighted by Crippen LogP contribution is -2.33. The smallest absolute Gasteiger partial charge is 0.422 e. The van der Waals surface area contributed by atoms with E-state index in [-0.39, 0.29) is 5.69 Å². The molecule has 0 fully saturated rings. The van der Waals surface area contributed by atoms with Crippen LogP contribution in [0.25, 0.3) is 0 Å². The first kappa shape index (κ1) is 16.7. The van der Waals surface area contributed by atoms with E-state index >= 15 is 0 Å². The number of amides is 1. The van der Waals surface area contributed by atoms with Crippen molar-refractivity contribution < 1.29 is 27.6 Å². The Kier molecular flexibility index (Phi) is 5.12. The maximum absolute atomic E-state index is 12.0.